The monoisotopic (exact) mass is 378 g/mol. The van der Waals surface area contributed by atoms with Gasteiger partial charge in [0.25, 0.3) is 0 Å². The van der Waals surface area contributed by atoms with E-state index >= 15 is 0 Å². The summed E-state index contributed by atoms with van der Waals surface area (Å²) in [6, 6.07) is 10.6. The van der Waals surface area contributed by atoms with E-state index in [1.807, 2.05) is 6.07 Å². The Labute approximate surface area is 135 Å². The van der Waals surface area contributed by atoms with Crippen molar-refractivity contribution in [3.8, 4) is 0 Å². The number of halogens is 1. The molecule has 0 amide bonds. The minimum atomic E-state index is -3.66. The highest BCUT2D eigenvalue weighted by Crippen LogP contribution is 2.24. The zero-order valence-electron chi connectivity index (χ0n) is 11.3. The molecule has 0 N–H and O–H groups in total. The van der Waals surface area contributed by atoms with Crippen LogP contribution in [0.25, 0.3) is 11.0 Å². The van der Waals surface area contributed by atoms with Crippen LogP contribution in [0.1, 0.15) is 15.9 Å². The van der Waals surface area contributed by atoms with Gasteiger partial charge in [-0.1, -0.05) is 30.3 Å². The summed E-state index contributed by atoms with van der Waals surface area (Å²) < 4.78 is 27.0. The van der Waals surface area contributed by atoms with Crippen molar-refractivity contribution in [3.05, 3.63) is 64.4 Å². The first kappa shape index (κ1) is 14.9. The van der Waals surface area contributed by atoms with Crippen molar-refractivity contribution in [2.24, 2.45) is 0 Å². The van der Waals surface area contributed by atoms with Gasteiger partial charge in [-0.25, -0.2) is 17.4 Å². The maximum absolute atomic E-state index is 12.6. The zero-order chi connectivity index (χ0) is 15.7. The first-order valence-corrected chi connectivity index (χ1v) is 8.80. The first-order chi connectivity index (χ1) is 10.5. The van der Waals surface area contributed by atoms with Crippen LogP contribution in [0, 0.1) is 0 Å². The third kappa shape index (κ3) is 2.69. The molecule has 0 unspecified atom stereocenters. The van der Waals surface area contributed by atoms with E-state index in [-0.39, 0.29) is 11.4 Å². The number of aldehydes is 1. The summed E-state index contributed by atoms with van der Waals surface area (Å²) in [5.74, 6) is -0.159. The van der Waals surface area contributed by atoms with Gasteiger partial charge in [0.15, 0.2) is 11.9 Å². The SMILES string of the molecule is O=Cc1cn(S(=O)(=O)Cc2ccccc2)c2ncc(Br)cc12. The molecule has 3 rings (SSSR count). The Morgan fingerprint density at radius 3 is 2.64 bits per heavy atom. The Morgan fingerprint density at radius 1 is 1.23 bits per heavy atom. The van der Waals surface area contributed by atoms with Crippen molar-refractivity contribution < 1.29 is 13.2 Å². The number of carbonyl (C=O) groups is 1. The lowest BCUT2D eigenvalue weighted by Gasteiger charge is -2.07. The van der Waals surface area contributed by atoms with Gasteiger partial charge in [0.05, 0.1) is 5.75 Å². The molecule has 0 saturated heterocycles. The van der Waals surface area contributed by atoms with E-state index in [4.69, 9.17) is 0 Å². The summed E-state index contributed by atoms with van der Waals surface area (Å²) in [6.45, 7) is 0. The van der Waals surface area contributed by atoms with Gasteiger partial charge in [-0.05, 0) is 27.6 Å². The van der Waals surface area contributed by atoms with Crippen molar-refractivity contribution in [1.29, 1.82) is 0 Å². The lowest BCUT2D eigenvalue weighted by molar-refractivity contribution is 0.112. The van der Waals surface area contributed by atoms with Gasteiger partial charge in [0.2, 0.25) is 10.0 Å². The van der Waals surface area contributed by atoms with Crippen LogP contribution in [0.4, 0.5) is 0 Å². The van der Waals surface area contributed by atoms with E-state index in [1.165, 1.54) is 12.4 Å². The Kier molecular flexibility index (Phi) is 3.84. The molecule has 7 heteroatoms. The van der Waals surface area contributed by atoms with Gasteiger partial charge in [0, 0.05) is 27.8 Å². The van der Waals surface area contributed by atoms with Crippen molar-refractivity contribution in [1.82, 2.24) is 8.96 Å². The van der Waals surface area contributed by atoms with Crippen molar-refractivity contribution in [2.45, 2.75) is 5.75 Å². The molecule has 0 aliphatic rings. The topological polar surface area (TPSA) is 69.0 Å². The Morgan fingerprint density at radius 2 is 1.95 bits per heavy atom. The standard InChI is InChI=1S/C15H11BrN2O3S/c16-13-6-14-12(9-19)8-18(15(14)17-7-13)22(20,21)10-11-4-2-1-3-5-11/h1-9H,10H2. The molecule has 0 saturated carbocycles. The lowest BCUT2D eigenvalue weighted by Crippen LogP contribution is -2.14. The number of hydrogen-bond acceptors (Lipinski definition) is 4. The minimum Gasteiger partial charge on any atom is -0.298 e. The van der Waals surface area contributed by atoms with Crippen LogP contribution in [0.2, 0.25) is 0 Å². The molecule has 2 heterocycles. The van der Waals surface area contributed by atoms with Gasteiger partial charge in [-0.15, -0.1) is 0 Å². The van der Waals surface area contributed by atoms with E-state index in [2.05, 4.69) is 20.9 Å². The molecular formula is C15H11BrN2O3S. The summed E-state index contributed by atoms with van der Waals surface area (Å²) in [5.41, 5.74) is 1.22. The molecule has 22 heavy (non-hydrogen) atoms. The highest BCUT2D eigenvalue weighted by Gasteiger charge is 2.20. The maximum Gasteiger partial charge on any atom is 0.244 e. The maximum atomic E-state index is 12.6. The van der Waals surface area contributed by atoms with Gasteiger partial charge in [-0.3, -0.25) is 4.79 Å². The molecule has 0 fully saturated rings. The number of rotatable bonds is 4. The van der Waals surface area contributed by atoms with E-state index in [9.17, 15) is 13.2 Å². The average Bonchev–Trinajstić information content (AvgIpc) is 2.86. The predicted octanol–water partition coefficient (Wildman–Crippen LogP) is 2.99. The van der Waals surface area contributed by atoms with Crippen LogP contribution >= 0.6 is 15.9 Å². The second-order valence-electron chi connectivity index (χ2n) is 4.76. The number of fused-ring (bicyclic) bond motifs is 1. The molecule has 0 atom stereocenters. The number of hydrogen-bond donors (Lipinski definition) is 0. The summed E-state index contributed by atoms with van der Waals surface area (Å²) in [5, 5.41) is 0.501. The van der Waals surface area contributed by atoms with Gasteiger partial charge in [-0.2, -0.15) is 0 Å². The Bertz CT molecular complexity index is 950. The lowest BCUT2D eigenvalue weighted by atomic mass is 10.2. The molecule has 0 radical (unpaired) electrons. The van der Waals surface area contributed by atoms with Crippen LogP contribution in [0.5, 0.6) is 0 Å². The Hall–Kier alpha value is -1.99. The van der Waals surface area contributed by atoms with Crippen molar-refractivity contribution in [3.63, 3.8) is 0 Å². The zero-order valence-corrected chi connectivity index (χ0v) is 13.7. The number of pyridine rings is 1. The van der Waals surface area contributed by atoms with E-state index in [0.29, 0.717) is 27.3 Å². The predicted molar refractivity (Wildman–Crippen MR) is 87.3 cm³/mol. The smallest absolute Gasteiger partial charge is 0.244 e. The average molecular weight is 379 g/mol. The molecule has 0 aliphatic heterocycles. The normalized spacial score (nSPS) is 11.7. The van der Waals surface area contributed by atoms with E-state index in [1.54, 1.807) is 30.3 Å². The van der Waals surface area contributed by atoms with Crippen molar-refractivity contribution in [2.75, 3.05) is 0 Å². The van der Waals surface area contributed by atoms with Crippen LogP contribution in [-0.2, 0) is 15.8 Å². The number of aromatic nitrogens is 2. The molecule has 0 aliphatic carbocycles. The fourth-order valence-electron chi connectivity index (χ4n) is 2.24. The second kappa shape index (κ2) is 5.66. The van der Waals surface area contributed by atoms with Crippen LogP contribution in [0.3, 0.4) is 0 Å². The quantitative estimate of drug-likeness (QED) is 0.654. The largest absolute Gasteiger partial charge is 0.298 e. The van der Waals surface area contributed by atoms with E-state index in [0.717, 1.165) is 3.97 Å². The van der Waals surface area contributed by atoms with Crippen molar-refractivity contribution >= 4 is 43.3 Å². The number of carbonyl (C=O) groups excluding carboxylic acids is 1. The fourth-order valence-corrected chi connectivity index (χ4v) is 4.00. The molecule has 112 valence electrons. The third-order valence-electron chi connectivity index (χ3n) is 3.23. The van der Waals surface area contributed by atoms with Crippen LogP contribution < -0.4 is 0 Å². The van der Waals surface area contributed by atoms with Gasteiger partial charge < -0.3 is 0 Å². The van der Waals surface area contributed by atoms with Crippen LogP contribution in [-0.4, -0.2) is 23.7 Å². The highest BCUT2D eigenvalue weighted by molar-refractivity contribution is 9.10. The molecule has 5 nitrogen and oxygen atoms in total. The molecule has 3 aromatic rings. The second-order valence-corrected chi connectivity index (χ2v) is 7.53. The van der Waals surface area contributed by atoms with Gasteiger partial charge in [0.1, 0.15) is 0 Å². The number of nitrogens with zero attached hydrogens (tertiary/aromatic N) is 2. The third-order valence-corrected chi connectivity index (χ3v) is 5.24. The molecule has 2 aromatic heterocycles. The molecule has 1 aromatic carbocycles. The van der Waals surface area contributed by atoms with Crippen LogP contribution in [0.15, 0.2) is 53.3 Å². The molecular weight excluding hydrogens is 368 g/mol. The number of benzene rings is 1. The Balaban J connectivity index is 2.15. The first-order valence-electron chi connectivity index (χ1n) is 6.40. The summed E-state index contributed by atoms with van der Waals surface area (Å²) >= 11 is 3.27. The molecule has 0 spiro atoms. The molecule has 0 bridgehead atoms. The minimum absolute atomic E-state index is 0.159. The van der Waals surface area contributed by atoms with Gasteiger partial charge >= 0.3 is 0 Å². The fraction of sp³-hybridized carbons (Fsp3) is 0.0667. The highest BCUT2D eigenvalue weighted by atomic mass is 79.9. The van der Waals surface area contributed by atoms with E-state index < -0.39 is 10.0 Å². The summed E-state index contributed by atoms with van der Waals surface area (Å²) in [6.07, 6.45) is 3.45. The summed E-state index contributed by atoms with van der Waals surface area (Å²) in [4.78, 5) is 15.3. The summed E-state index contributed by atoms with van der Waals surface area (Å²) in [7, 11) is -3.66.